The lowest BCUT2D eigenvalue weighted by Crippen LogP contribution is -2.23. The van der Waals surface area contributed by atoms with Crippen LogP contribution in [0.4, 0.5) is 0 Å². The molecule has 1 atom stereocenters. The van der Waals surface area contributed by atoms with Gasteiger partial charge in [0.25, 0.3) is 0 Å². The largest absolute Gasteiger partial charge is 0.483 e. The molecule has 0 aliphatic rings. The zero-order valence-corrected chi connectivity index (χ0v) is 12.7. The van der Waals surface area contributed by atoms with E-state index in [-0.39, 0.29) is 5.78 Å². The van der Waals surface area contributed by atoms with Gasteiger partial charge >= 0.3 is 0 Å². The molecule has 0 fully saturated rings. The van der Waals surface area contributed by atoms with Gasteiger partial charge in [-0.25, -0.2) is 0 Å². The molecule has 3 aromatic rings. The third-order valence-corrected chi connectivity index (χ3v) is 3.74. The average molecular weight is 290 g/mol. The van der Waals surface area contributed by atoms with Crippen LogP contribution in [0.3, 0.4) is 0 Å². The van der Waals surface area contributed by atoms with E-state index < -0.39 is 6.10 Å². The smallest absolute Gasteiger partial charge is 0.202 e. The molecule has 2 nitrogen and oxygen atoms in total. The summed E-state index contributed by atoms with van der Waals surface area (Å²) >= 11 is 0. The number of Topliss-reactive ketones (excluding diaryl/α,β-unsaturated/α-hetero) is 1. The van der Waals surface area contributed by atoms with Crippen LogP contribution < -0.4 is 4.74 Å². The number of rotatable bonds is 4. The molecule has 0 spiro atoms. The van der Waals surface area contributed by atoms with E-state index in [2.05, 4.69) is 6.07 Å². The van der Waals surface area contributed by atoms with Crippen LogP contribution in [0, 0.1) is 6.92 Å². The van der Waals surface area contributed by atoms with Crippen molar-refractivity contribution in [2.45, 2.75) is 20.0 Å². The lowest BCUT2D eigenvalue weighted by Gasteiger charge is -2.14. The van der Waals surface area contributed by atoms with E-state index >= 15 is 0 Å². The van der Waals surface area contributed by atoms with Crippen LogP contribution in [-0.4, -0.2) is 11.9 Å². The molecule has 0 aliphatic heterocycles. The van der Waals surface area contributed by atoms with Crippen LogP contribution in [0.5, 0.6) is 5.75 Å². The Kier molecular flexibility index (Phi) is 3.92. The Balaban J connectivity index is 1.78. The Morgan fingerprint density at radius 1 is 0.909 bits per heavy atom. The number of fused-ring (bicyclic) bond motifs is 1. The van der Waals surface area contributed by atoms with Crippen molar-refractivity contribution in [2.75, 3.05) is 0 Å². The van der Waals surface area contributed by atoms with Gasteiger partial charge in [-0.2, -0.15) is 0 Å². The summed E-state index contributed by atoms with van der Waals surface area (Å²) < 4.78 is 5.82. The van der Waals surface area contributed by atoms with E-state index in [1.165, 1.54) is 0 Å². The zero-order chi connectivity index (χ0) is 15.5. The van der Waals surface area contributed by atoms with E-state index in [9.17, 15) is 4.79 Å². The summed E-state index contributed by atoms with van der Waals surface area (Å²) in [4.78, 5) is 12.4. The van der Waals surface area contributed by atoms with Crippen LogP contribution in [-0.2, 0) is 0 Å². The number of benzene rings is 3. The number of ether oxygens (including phenoxy) is 1. The number of ketones is 1. The number of aryl methyl sites for hydroxylation is 1. The molecule has 110 valence electrons. The van der Waals surface area contributed by atoms with Gasteiger partial charge in [0.15, 0.2) is 6.10 Å². The predicted molar refractivity (Wildman–Crippen MR) is 89.5 cm³/mol. The summed E-state index contributed by atoms with van der Waals surface area (Å²) in [6, 6.07) is 21.5. The van der Waals surface area contributed by atoms with Crippen LogP contribution in [0.25, 0.3) is 10.8 Å². The van der Waals surface area contributed by atoms with Crippen molar-refractivity contribution in [3.63, 3.8) is 0 Å². The summed E-state index contributed by atoms with van der Waals surface area (Å²) in [7, 11) is 0. The third-order valence-electron chi connectivity index (χ3n) is 3.74. The van der Waals surface area contributed by atoms with E-state index in [1.807, 2.05) is 67.6 Å². The van der Waals surface area contributed by atoms with Crippen molar-refractivity contribution in [3.8, 4) is 5.75 Å². The predicted octanol–water partition coefficient (Wildman–Crippen LogP) is 4.80. The fourth-order valence-corrected chi connectivity index (χ4v) is 2.45. The molecule has 0 aromatic heterocycles. The molecule has 0 heterocycles. The van der Waals surface area contributed by atoms with E-state index in [0.29, 0.717) is 11.3 Å². The molecule has 2 heteroatoms. The Morgan fingerprint density at radius 2 is 1.59 bits per heavy atom. The first kappa shape index (κ1) is 14.3. The number of hydrogen-bond acceptors (Lipinski definition) is 2. The van der Waals surface area contributed by atoms with Gasteiger partial charge in [-0.1, -0.05) is 60.2 Å². The highest BCUT2D eigenvalue weighted by Gasteiger charge is 2.16. The van der Waals surface area contributed by atoms with Crippen molar-refractivity contribution in [1.82, 2.24) is 0 Å². The number of hydrogen-bond donors (Lipinski definition) is 0. The molecular formula is C20H18O2. The standard InChI is InChI=1S/C20H18O2/c1-14-7-9-17(10-8-14)20(21)15(2)22-19-12-11-16-5-3-4-6-18(16)13-19/h3-13,15H,1-2H3/t15-/m0/s1. The Morgan fingerprint density at radius 3 is 2.32 bits per heavy atom. The minimum absolute atomic E-state index is 0.00633. The summed E-state index contributed by atoms with van der Waals surface area (Å²) in [6.07, 6.45) is -0.510. The van der Waals surface area contributed by atoms with Crippen molar-refractivity contribution in [1.29, 1.82) is 0 Å². The maximum atomic E-state index is 12.4. The summed E-state index contributed by atoms with van der Waals surface area (Å²) in [5.41, 5.74) is 1.82. The molecule has 0 saturated carbocycles. The van der Waals surface area contributed by atoms with Crippen LogP contribution in [0.2, 0.25) is 0 Å². The second-order valence-electron chi connectivity index (χ2n) is 5.50. The molecule has 0 N–H and O–H groups in total. The van der Waals surface area contributed by atoms with Gasteiger partial charge in [0.05, 0.1) is 0 Å². The maximum Gasteiger partial charge on any atom is 0.202 e. The number of carbonyl (C=O) groups is 1. The lowest BCUT2D eigenvalue weighted by atomic mass is 10.1. The normalized spacial score (nSPS) is 12.1. The molecule has 0 bridgehead atoms. The van der Waals surface area contributed by atoms with Crippen molar-refractivity contribution in [3.05, 3.63) is 77.9 Å². The van der Waals surface area contributed by atoms with Gasteiger partial charge in [0, 0.05) is 5.56 Å². The first-order valence-corrected chi connectivity index (χ1v) is 7.40. The van der Waals surface area contributed by atoms with Gasteiger partial charge in [0.1, 0.15) is 5.75 Å². The van der Waals surface area contributed by atoms with Crippen LogP contribution >= 0.6 is 0 Å². The van der Waals surface area contributed by atoms with Crippen molar-refractivity contribution >= 4 is 16.6 Å². The third kappa shape index (κ3) is 3.01. The second-order valence-corrected chi connectivity index (χ2v) is 5.50. The Labute approximate surface area is 130 Å². The molecule has 3 aromatic carbocycles. The highest BCUT2D eigenvalue weighted by molar-refractivity contribution is 5.99. The van der Waals surface area contributed by atoms with Crippen LogP contribution in [0.15, 0.2) is 66.7 Å². The Bertz CT molecular complexity index is 803. The average Bonchev–Trinajstić information content (AvgIpc) is 2.55. The molecule has 0 saturated heterocycles. The fraction of sp³-hybridized carbons (Fsp3) is 0.150. The van der Waals surface area contributed by atoms with Crippen molar-refractivity contribution < 1.29 is 9.53 Å². The molecular weight excluding hydrogens is 272 g/mol. The molecule has 0 aliphatic carbocycles. The van der Waals surface area contributed by atoms with Crippen molar-refractivity contribution in [2.24, 2.45) is 0 Å². The van der Waals surface area contributed by atoms with E-state index in [4.69, 9.17) is 4.74 Å². The first-order valence-electron chi connectivity index (χ1n) is 7.40. The van der Waals surface area contributed by atoms with Gasteiger partial charge in [-0.3, -0.25) is 4.79 Å². The summed E-state index contributed by atoms with van der Waals surface area (Å²) in [5.74, 6) is 0.708. The Hall–Kier alpha value is -2.61. The molecule has 0 radical (unpaired) electrons. The summed E-state index contributed by atoms with van der Waals surface area (Å²) in [5, 5.41) is 2.27. The minimum Gasteiger partial charge on any atom is -0.483 e. The van der Waals surface area contributed by atoms with E-state index in [0.717, 1.165) is 16.3 Å². The van der Waals surface area contributed by atoms with E-state index in [1.54, 1.807) is 6.92 Å². The highest BCUT2D eigenvalue weighted by atomic mass is 16.5. The molecule has 3 rings (SSSR count). The SMILES string of the molecule is Cc1ccc(C(=O)[C@H](C)Oc2ccc3ccccc3c2)cc1. The molecule has 22 heavy (non-hydrogen) atoms. The lowest BCUT2D eigenvalue weighted by molar-refractivity contribution is 0.0818. The quantitative estimate of drug-likeness (QED) is 0.645. The molecule has 0 amide bonds. The second kappa shape index (κ2) is 6.02. The highest BCUT2D eigenvalue weighted by Crippen LogP contribution is 2.22. The van der Waals surface area contributed by atoms with Gasteiger partial charge in [0.2, 0.25) is 5.78 Å². The summed E-state index contributed by atoms with van der Waals surface area (Å²) in [6.45, 7) is 3.79. The van der Waals surface area contributed by atoms with Gasteiger partial charge in [-0.05, 0) is 36.8 Å². The maximum absolute atomic E-state index is 12.4. The first-order chi connectivity index (χ1) is 10.6. The monoisotopic (exact) mass is 290 g/mol. The van der Waals surface area contributed by atoms with Gasteiger partial charge < -0.3 is 4.74 Å². The van der Waals surface area contributed by atoms with Crippen LogP contribution in [0.1, 0.15) is 22.8 Å². The molecule has 0 unspecified atom stereocenters. The number of carbonyl (C=O) groups excluding carboxylic acids is 1. The fourth-order valence-electron chi connectivity index (χ4n) is 2.45. The zero-order valence-electron chi connectivity index (χ0n) is 12.7. The minimum atomic E-state index is -0.510. The topological polar surface area (TPSA) is 26.3 Å². The van der Waals surface area contributed by atoms with Gasteiger partial charge in [-0.15, -0.1) is 0 Å².